The van der Waals surface area contributed by atoms with E-state index in [0.29, 0.717) is 6.04 Å². The highest BCUT2D eigenvalue weighted by Crippen LogP contribution is 2.28. The van der Waals surface area contributed by atoms with E-state index in [2.05, 4.69) is 49.1 Å². The number of hydrogen-bond donors (Lipinski definition) is 1. The van der Waals surface area contributed by atoms with E-state index in [1.807, 2.05) is 18.2 Å². The first-order valence-corrected chi connectivity index (χ1v) is 7.65. The highest BCUT2D eigenvalue weighted by atomic mass is 79.9. The normalized spacial score (nSPS) is 20.4. The lowest BCUT2D eigenvalue weighted by Gasteiger charge is -2.18. The summed E-state index contributed by atoms with van der Waals surface area (Å²) in [7, 11) is 0. The monoisotopic (exact) mass is 362 g/mol. The van der Waals surface area contributed by atoms with Gasteiger partial charge in [-0.15, -0.1) is 0 Å². The fourth-order valence-corrected chi connectivity index (χ4v) is 3.20. The molecule has 1 aliphatic heterocycles. The number of halogens is 2. The Morgan fingerprint density at radius 3 is 3.00 bits per heavy atom. The quantitative estimate of drug-likeness (QED) is 0.794. The first-order valence-electron chi connectivity index (χ1n) is 5.08. The van der Waals surface area contributed by atoms with Gasteiger partial charge in [-0.05, 0) is 47.5 Å². The van der Waals surface area contributed by atoms with Crippen LogP contribution in [0.5, 0.6) is 0 Å². The van der Waals surface area contributed by atoms with Gasteiger partial charge in [0.05, 0.1) is 11.7 Å². The van der Waals surface area contributed by atoms with Gasteiger partial charge in [0.2, 0.25) is 0 Å². The summed E-state index contributed by atoms with van der Waals surface area (Å²) in [6.45, 7) is 2.15. The van der Waals surface area contributed by atoms with Crippen molar-refractivity contribution in [1.82, 2.24) is 0 Å². The Kier molecular flexibility index (Phi) is 4.33. The van der Waals surface area contributed by atoms with Crippen LogP contribution in [0.2, 0.25) is 0 Å². The molecule has 0 aliphatic carbocycles. The van der Waals surface area contributed by atoms with Gasteiger partial charge in [0.25, 0.3) is 0 Å². The van der Waals surface area contributed by atoms with E-state index in [4.69, 9.17) is 0 Å². The standard InChI is InChI=1S/C11H12Br2N2S/c1-7-4-5-16-11(14-7)15-10-6-8(12)2-3-9(10)13/h2-3,6-7H,4-5H2,1H3,(H,14,15). The van der Waals surface area contributed by atoms with Crippen LogP contribution in [0.3, 0.4) is 0 Å². The molecule has 1 aromatic carbocycles. The molecule has 0 aromatic heterocycles. The van der Waals surface area contributed by atoms with Crippen LogP contribution < -0.4 is 5.32 Å². The zero-order valence-electron chi connectivity index (χ0n) is 8.84. The molecule has 1 unspecified atom stereocenters. The Morgan fingerprint density at radius 1 is 1.44 bits per heavy atom. The zero-order valence-corrected chi connectivity index (χ0v) is 12.8. The third kappa shape index (κ3) is 3.25. The minimum atomic E-state index is 0.426. The number of anilines is 1. The van der Waals surface area contributed by atoms with E-state index in [-0.39, 0.29) is 0 Å². The SMILES string of the molecule is CC1CCSC(Nc2cc(Br)ccc2Br)=N1. The molecule has 2 nitrogen and oxygen atoms in total. The lowest BCUT2D eigenvalue weighted by molar-refractivity contribution is 0.720. The molecule has 0 saturated heterocycles. The summed E-state index contributed by atoms with van der Waals surface area (Å²) in [5, 5.41) is 4.37. The minimum Gasteiger partial charge on any atom is -0.334 e. The number of amidine groups is 1. The van der Waals surface area contributed by atoms with Gasteiger partial charge in [-0.2, -0.15) is 0 Å². The molecule has 16 heavy (non-hydrogen) atoms. The second kappa shape index (κ2) is 5.56. The summed E-state index contributed by atoms with van der Waals surface area (Å²) in [5.41, 5.74) is 1.05. The largest absolute Gasteiger partial charge is 0.334 e. The number of thioether (sulfide) groups is 1. The summed E-state index contributed by atoms with van der Waals surface area (Å²) in [4.78, 5) is 4.58. The fraction of sp³-hybridized carbons (Fsp3) is 0.364. The molecule has 2 rings (SSSR count). The second-order valence-electron chi connectivity index (χ2n) is 3.67. The molecule has 5 heteroatoms. The van der Waals surface area contributed by atoms with Gasteiger partial charge < -0.3 is 5.32 Å². The fourth-order valence-electron chi connectivity index (χ4n) is 1.40. The first-order chi connectivity index (χ1) is 7.65. The van der Waals surface area contributed by atoms with Crippen LogP contribution in [0.1, 0.15) is 13.3 Å². The van der Waals surface area contributed by atoms with Gasteiger partial charge >= 0.3 is 0 Å². The van der Waals surface area contributed by atoms with E-state index in [1.165, 1.54) is 0 Å². The van der Waals surface area contributed by atoms with E-state index in [0.717, 1.165) is 32.0 Å². The highest BCUT2D eigenvalue weighted by molar-refractivity contribution is 9.11. The van der Waals surface area contributed by atoms with Crippen molar-refractivity contribution in [2.45, 2.75) is 19.4 Å². The predicted octanol–water partition coefficient (Wildman–Crippen LogP) is 4.50. The second-order valence-corrected chi connectivity index (χ2v) is 6.52. The van der Waals surface area contributed by atoms with Gasteiger partial charge in [0.1, 0.15) is 0 Å². The summed E-state index contributed by atoms with van der Waals surface area (Å²) >= 11 is 8.77. The molecule has 0 fully saturated rings. The van der Waals surface area contributed by atoms with E-state index in [1.54, 1.807) is 11.8 Å². The summed E-state index contributed by atoms with van der Waals surface area (Å²) < 4.78 is 2.12. The van der Waals surface area contributed by atoms with Gasteiger partial charge in [-0.25, -0.2) is 0 Å². The Labute approximate surface area is 117 Å². The third-order valence-corrected chi connectivity index (χ3v) is 4.39. The smallest absolute Gasteiger partial charge is 0.161 e. The maximum absolute atomic E-state index is 4.58. The maximum Gasteiger partial charge on any atom is 0.161 e. The van der Waals surface area contributed by atoms with E-state index in [9.17, 15) is 0 Å². The van der Waals surface area contributed by atoms with Crippen LogP contribution in [0.4, 0.5) is 5.69 Å². The molecule has 1 aromatic rings. The average molecular weight is 364 g/mol. The van der Waals surface area contributed by atoms with Crippen LogP contribution in [0.15, 0.2) is 32.1 Å². The van der Waals surface area contributed by atoms with Gasteiger partial charge in [-0.3, -0.25) is 4.99 Å². The van der Waals surface area contributed by atoms with Crippen molar-refractivity contribution < 1.29 is 0 Å². The molecule has 86 valence electrons. The van der Waals surface area contributed by atoms with Crippen molar-refractivity contribution >= 4 is 54.5 Å². The minimum absolute atomic E-state index is 0.426. The zero-order chi connectivity index (χ0) is 11.5. The van der Waals surface area contributed by atoms with Gasteiger partial charge in [0.15, 0.2) is 5.17 Å². The number of nitrogens with zero attached hydrogens (tertiary/aromatic N) is 1. The molecule has 1 atom stereocenters. The lowest BCUT2D eigenvalue weighted by Crippen LogP contribution is -2.18. The summed E-state index contributed by atoms with van der Waals surface area (Å²) in [6.07, 6.45) is 1.16. The number of aliphatic imine (C=N–C) groups is 1. The van der Waals surface area contributed by atoms with Crippen LogP contribution in [0.25, 0.3) is 0 Å². The van der Waals surface area contributed by atoms with Gasteiger partial charge in [0, 0.05) is 14.7 Å². The lowest BCUT2D eigenvalue weighted by atomic mass is 10.3. The maximum atomic E-state index is 4.58. The average Bonchev–Trinajstić information content (AvgIpc) is 2.24. The summed E-state index contributed by atoms with van der Waals surface area (Å²) in [5.74, 6) is 1.14. The molecule has 0 bridgehead atoms. The Morgan fingerprint density at radius 2 is 2.25 bits per heavy atom. The van der Waals surface area contributed by atoms with E-state index < -0.39 is 0 Å². The Bertz CT molecular complexity index is 420. The van der Waals surface area contributed by atoms with Crippen molar-refractivity contribution in [3.63, 3.8) is 0 Å². The molecule has 1 aliphatic rings. The Hall–Kier alpha value is -0.000000000000000111. The predicted molar refractivity (Wildman–Crippen MR) is 79.4 cm³/mol. The molecular formula is C11H12Br2N2S. The Balaban J connectivity index is 2.17. The number of rotatable bonds is 1. The van der Waals surface area contributed by atoms with Gasteiger partial charge in [-0.1, -0.05) is 27.7 Å². The van der Waals surface area contributed by atoms with Crippen molar-refractivity contribution in [3.05, 3.63) is 27.1 Å². The highest BCUT2D eigenvalue weighted by Gasteiger charge is 2.12. The summed E-state index contributed by atoms with van der Waals surface area (Å²) in [6, 6.07) is 6.50. The number of benzene rings is 1. The van der Waals surface area contributed by atoms with Crippen LogP contribution in [-0.2, 0) is 0 Å². The number of hydrogen-bond acceptors (Lipinski definition) is 3. The third-order valence-electron chi connectivity index (χ3n) is 2.28. The molecule has 1 N–H and O–H groups in total. The molecule has 1 heterocycles. The van der Waals surface area contributed by atoms with Crippen molar-refractivity contribution in [2.24, 2.45) is 4.99 Å². The molecule has 0 spiro atoms. The van der Waals surface area contributed by atoms with Crippen LogP contribution in [-0.4, -0.2) is 17.0 Å². The molecule has 0 amide bonds. The molecule has 0 saturated carbocycles. The van der Waals surface area contributed by atoms with Crippen molar-refractivity contribution in [2.75, 3.05) is 11.1 Å². The van der Waals surface area contributed by atoms with Crippen molar-refractivity contribution in [3.8, 4) is 0 Å². The number of nitrogens with one attached hydrogen (secondary N) is 1. The topological polar surface area (TPSA) is 24.4 Å². The van der Waals surface area contributed by atoms with E-state index >= 15 is 0 Å². The van der Waals surface area contributed by atoms with Crippen molar-refractivity contribution in [1.29, 1.82) is 0 Å². The first kappa shape index (κ1) is 12.5. The van der Waals surface area contributed by atoms with Crippen LogP contribution >= 0.6 is 43.6 Å². The van der Waals surface area contributed by atoms with Crippen LogP contribution in [0, 0.1) is 0 Å². The molecular weight excluding hydrogens is 352 g/mol. The molecule has 0 radical (unpaired) electrons.